The van der Waals surface area contributed by atoms with Crippen molar-refractivity contribution in [1.29, 1.82) is 0 Å². The van der Waals surface area contributed by atoms with E-state index in [4.69, 9.17) is 28.6 Å². The third kappa shape index (κ3) is 5.30. The van der Waals surface area contributed by atoms with Crippen molar-refractivity contribution in [2.75, 3.05) is 6.61 Å². The van der Waals surface area contributed by atoms with Crippen LogP contribution in [0, 0.1) is 0 Å². The summed E-state index contributed by atoms with van der Waals surface area (Å²) in [7, 11) is 0. The van der Waals surface area contributed by atoms with Crippen LogP contribution in [-0.4, -0.2) is 31.3 Å². The van der Waals surface area contributed by atoms with Gasteiger partial charge in [-0.2, -0.15) is 0 Å². The molecule has 1 aliphatic rings. The van der Waals surface area contributed by atoms with E-state index < -0.39 is 0 Å². The maximum absolute atomic E-state index is 13.2. The molecule has 4 aromatic rings. The summed E-state index contributed by atoms with van der Waals surface area (Å²) in [5.74, 6) is 0.563. The van der Waals surface area contributed by atoms with E-state index in [1.54, 1.807) is 17.3 Å². The van der Waals surface area contributed by atoms with Gasteiger partial charge in [0.05, 0.1) is 23.0 Å². The molecule has 5 rings (SSSR count). The van der Waals surface area contributed by atoms with E-state index in [1.165, 1.54) is 11.8 Å². The standard InChI is InChI=1S/C26H19BrClN3O2S2/c27-19-7-8-22-20(13-19)18(16-30(22)10-11-33-23-6-2-1-5-21(23)28)12-24-25(32)31(26(34)35-24)15-17-4-3-9-29-14-17/h1-9,12-14,16H,10-11,15H2/b24-12-. The van der Waals surface area contributed by atoms with Gasteiger partial charge in [0.25, 0.3) is 5.91 Å². The van der Waals surface area contributed by atoms with Gasteiger partial charge in [0.2, 0.25) is 0 Å². The van der Waals surface area contributed by atoms with Gasteiger partial charge < -0.3 is 9.30 Å². The molecule has 35 heavy (non-hydrogen) atoms. The summed E-state index contributed by atoms with van der Waals surface area (Å²) in [6.07, 6.45) is 7.42. The third-order valence-corrected chi connectivity index (χ3v) is 7.71. The van der Waals surface area contributed by atoms with Crippen LogP contribution in [0.15, 0.2) is 82.6 Å². The molecule has 0 atom stereocenters. The Kier molecular flexibility index (Phi) is 7.24. The zero-order valence-electron chi connectivity index (χ0n) is 18.4. The van der Waals surface area contributed by atoms with E-state index in [-0.39, 0.29) is 5.91 Å². The van der Waals surface area contributed by atoms with Crippen molar-refractivity contribution in [2.24, 2.45) is 0 Å². The molecule has 2 aromatic heterocycles. The van der Waals surface area contributed by atoms with E-state index in [0.717, 1.165) is 26.5 Å². The van der Waals surface area contributed by atoms with Crippen LogP contribution in [-0.2, 0) is 17.9 Å². The molecule has 0 radical (unpaired) electrons. The number of fused-ring (bicyclic) bond motifs is 1. The number of para-hydroxylation sites is 1. The number of benzene rings is 2. The lowest BCUT2D eigenvalue weighted by molar-refractivity contribution is -0.122. The van der Waals surface area contributed by atoms with Gasteiger partial charge in [-0.25, -0.2) is 0 Å². The summed E-state index contributed by atoms with van der Waals surface area (Å²) in [4.78, 5) is 19.5. The summed E-state index contributed by atoms with van der Waals surface area (Å²) < 4.78 is 9.53. The molecular weight excluding hydrogens is 566 g/mol. The van der Waals surface area contributed by atoms with E-state index in [0.29, 0.717) is 39.7 Å². The molecular formula is C26H19BrClN3O2S2. The Hall–Kier alpha value is -2.65. The van der Waals surface area contributed by atoms with Crippen molar-refractivity contribution in [3.8, 4) is 5.75 Å². The highest BCUT2D eigenvalue weighted by atomic mass is 79.9. The Balaban J connectivity index is 1.40. The first kappa shape index (κ1) is 24.1. The van der Waals surface area contributed by atoms with Gasteiger partial charge in [0.1, 0.15) is 16.7 Å². The lowest BCUT2D eigenvalue weighted by atomic mass is 10.1. The average molecular weight is 585 g/mol. The number of halogens is 2. The lowest BCUT2D eigenvalue weighted by Gasteiger charge is -2.13. The summed E-state index contributed by atoms with van der Waals surface area (Å²) in [6.45, 7) is 1.48. The van der Waals surface area contributed by atoms with Gasteiger partial charge in [-0.3, -0.25) is 14.7 Å². The molecule has 0 unspecified atom stereocenters. The normalized spacial score (nSPS) is 14.9. The Bertz CT molecular complexity index is 1460. The number of aromatic nitrogens is 2. The molecule has 0 N–H and O–H groups in total. The number of amides is 1. The topological polar surface area (TPSA) is 47.4 Å². The SMILES string of the molecule is O=C1/C(=C/c2cn(CCOc3ccccc3Cl)c3ccc(Br)cc23)SC(=S)N1Cc1cccnc1. The molecule has 1 fully saturated rings. The zero-order chi connectivity index (χ0) is 24.4. The Morgan fingerprint density at radius 2 is 2.03 bits per heavy atom. The van der Waals surface area contributed by atoms with Crippen LogP contribution < -0.4 is 4.74 Å². The number of thiocarbonyl (C=S) groups is 1. The van der Waals surface area contributed by atoms with Crippen LogP contribution in [0.25, 0.3) is 17.0 Å². The highest BCUT2D eigenvalue weighted by Crippen LogP contribution is 2.36. The number of hydrogen-bond acceptors (Lipinski definition) is 5. The molecule has 2 aromatic carbocycles. The largest absolute Gasteiger partial charge is 0.490 e. The fraction of sp³-hybridized carbons (Fsp3) is 0.115. The van der Waals surface area contributed by atoms with E-state index in [9.17, 15) is 4.79 Å². The van der Waals surface area contributed by atoms with Crippen molar-refractivity contribution < 1.29 is 9.53 Å². The van der Waals surface area contributed by atoms with Crippen molar-refractivity contribution in [3.05, 3.63) is 98.7 Å². The number of thioether (sulfide) groups is 1. The lowest BCUT2D eigenvalue weighted by Crippen LogP contribution is -2.27. The summed E-state index contributed by atoms with van der Waals surface area (Å²) in [6, 6.07) is 17.3. The minimum absolute atomic E-state index is 0.0956. The molecule has 0 bridgehead atoms. The number of carbonyl (C=O) groups is 1. The molecule has 1 amide bonds. The Morgan fingerprint density at radius 1 is 1.17 bits per heavy atom. The summed E-state index contributed by atoms with van der Waals surface area (Å²) in [5.41, 5.74) is 2.93. The first-order valence-corrected chi connectivity index (χ1v) is 13.2. The van der Waals surface area contributed by atoms with Crippen LogP contribution in [0.2, 0.25) is 5.02 Å². The number of hydrogen-bond donors (Lipinski definition) is 0. The van der Waals surface area contributed by atoms with Crippen LogP contribution in [0.5, 0.6) is 5.75 Å². The molecule has 176 valence electrons. The second-order valence-corrected chi connectivity index (χ2v) is 10.8. The van der Waals surface area contributed by atoms with E-state index >= 15 is 0 Å². The van der Waals surface area contributed by atoms with Gasteiger partial charge in [0.15, 0.2) is 0 Å². The predicted molar refractivity (Wildman–Crippen MR) is 150 cm³/mol. The minimum atomic E-state index is -0.0956. The quantitative estimate of drug-likeness (QED) is 0.174. The van der Waals surface area contributed by atoms with Gasteiger partial charge in [-0.1, -0.05) is 69.7 Å². The fourth-order valence-electron chi connectivity index (χ4n) is 3.86. The van der Waals surface area contributed by atoms with Gasteiger partial charge in [0, 0.05) is 39.5 Å². The zero-order valence-corrected chi connectivity index (χ0v) is 22.3. The number of ether oxygens (including phenoxy) is 1. The number of carbonyl (C=O) groups excluding carboxylic acids is 1. The predicted octanol–water partition coefficient (Wildman–Crippen LogP) is 6.93. The second-order valence-electron chi connectivity index (χ2n) is 7.85. The van der Waals surface area contributed by atoms with Gasteiger partial charge in [-0.15, -0.1) is 0 Å². The van der Waals surface area contributed by atoms with Crippen LogP contribution in [0.1, 0.15) is 11.1 Å². The smallest absolute Gasteiger partial charge is 0.266 e. The molecule has 3 heterocycles. The van der Waals surface area contributed by atoms with E-state index in [1.807, 2.05) is 54.7 Å². The Morgan fingerprint density at radius 3 is 2.83 bits per heavy atom. The van der Waals surface area contributed by atoms with E-state index in [2.05, 4.69) is 37.6 Å². The highest BCUT2D eigenvalue weighted by molar-refractivity contribution is 9.10. The molecule has 1 saturated heterocycles. The summed E-state index contributed by atoms with van der Waals surface area (Å²) >= 11 is 16.6. The maximum atomic E-state index is 13.2. The number of pyridine rings is 1. The van der Waals surface area contributed by atoms with Gasteiger partial charge in [-0.05, 0) is 48.0 Å². The first-order chi connectivity index (χ1) is 17.0. The molecule has 5 nitrogen and oxygen atoms in total. The molecule has 1 aliphatic heterocycles. The van der Waals surface area contributed by atoms with Crippen LogP contribution in [0.3, 0.4) is 0 Å². The Labute approximate surface area is 225 Å². The van der Waals surface area contributed by atoms with Crippen molar-refractivity contribution in [1.82, 2.24) is 14.5 Å². The maximum Gasteiger partial charge on any atom is 0.266 e. The molecule has 9 heteroatoms. The summed E-state index contributed by atoms with van der Waals surface area (Å²) in [5, 5.41) is 1.62. The third-order valence-electron chi connectivity index (χ3n) is 5.52. The van der Waals surface area contributed by atoms with Crippen LogP contribution >= 0.6 is 51.5 Å². The number of nitrogens with zero attached hydrogens (tertiary/aromatic N) is 3. The fourth-order valence-corrected chi connectivity index (χ4v) is 5.66. The molecule has 0 saturated carbocycles. The molecule has 0 spiro atoms. The van der Waals surface area contributed by atoms with Crippen molar-refractivity contribution >= 4 is 78.7 Å². The molecule has 0 aliphatic carbocycles. The second kappa shape index (κ2) is 10.5. The average Bonchev–Trinajstić information content (AvgIpc) is 3.32. The van der Waals surface area contributed by atoms with Crippen molar-refractivity contribution in [3.63, 3.8) is 0 Å². The van der Waals surface area contributed by atoms with Crippen LogP contribution in [0.4, 0.5) is 0 Å². The monoisotopic (exact) mass is 583 g/mol. The first-order valence-electron chi connectivity index (χ1n) is 10.8. The van der Waals surface area contributed by atoms with Gasteiger partial charge >= 0.3 is 0 Å². The number of rotatable bonds is 7. The van der Waals surface area contributed by atoms with Crippen molar-refractivity contribution in [2.45, 2.75) is 13.1 Å². The minimum Gasteiger partial charge on any atom is -0.490 e. The highest BCUT2D eigenvalue weighted by Gasteiger charge is 2.32.